The van der Waals surface area contributed by atoms with Crippen LogP contribution in [0.5, 0.6) is 5.75 Å². The lowest BCUT2D eigenvalue weighted by Gasteiger charge is -2.33. The molecule has 2 aliphatic heterocycles. The van der Waals surface area contributed by atoms with Gasteiger partial charge >= 0.3 is 0 Å². The molecule has 4 rings (SSSR count). The van der Waals surface area contributed by atoms with Gasteiger partial charge in [0.2, 0.25) is 0 Å². The normalized spacial score (nSPS) is 31.3. The van der Waals surface area contributed by atoms with E-state index in [2.05, 4.69) is 35.8 Å². The van der Waals surface area contributed by atoms with Crippen LogP contribution in [-0.4, -0.2) is 51.7 Å². The van der Waals surface area contributed by atoms with E-state index < -0.39 is 0 Å². The Balaban J connectivity index is 1.35. The van der Waals surface area contributed by atoms with E-state index in [1.807, 2.05) is 0 Å². The molecule has 0 amide bonds. The summed E-state index contributed by atoms with van der Waals surface area (Å²) in [6, 6.07) is 7.63. The van der Waals surface area contributed by atoms with Gasteiger partial charge in [0, 0.05) is 43.3 Å². The first kappa shape index (κ1) is 19.2. The van der Waals surface area contributed by atoms with E-state index >= 15 is 0 Å². The van der Waals surface area contributed by atoms with Crippen molar-refractivity contribution in [3.8, 4) is 5.75 Å². The van der Waals surface area contributed by atoms with Crippen molar-refractivity contribution in [2.24, 2.45) is 11.8 Å². The van der Waals surface area contributed by atoms with E-state index in [0.717, 1.165) is 58.3 Å². The SMILES string of the molecule is Cc1ccc(CNC2CCCC2C2COCCN2)c(OCC2CCOC2)c1. The Labute approximate surface area is 163 Å². The Kier molecular flexibility index (Phi) is 6.66. The summed E-state index contributed by atoms with van der Waals surface area (Å²) in [6.07, 6.45) is 4.96. The molecular formula is C22H34N2O3. The average molecular weight is 375 g/mol. The number of hydrogen-bond donors (Lipinski definition) is 2. The molecule has 4 unspecified atom stereocenters. The molecule has 3 aliphatic rings. The van der Waals surface area contributed by atoms with Gasteiger partial charge in [-0.25, -0.2) is 0 Å². The van der Waals surface area contributed by atoms with Gasteiger partial charge in [0.05, 0.1) is 26.4 Å². The highest BCUT2D eigenvalue weighted by atomic mass is 16.5. The van der Waals surface area contributed by atoms with E-state index in [1.165, 1.54) is 30.4 Å². The average Bonchev–Trinajstić information content (AvgIpc) is 3.38. The van der Waals surface area contributed by atoms with Gasteiger partial charge in [-0.05, 0) is 43.7 Å². The predicted octanol–water partition coefficient (Wildman–Crippen LogP) is 2.66. The second-order valence-electron chi connectivity index (χ2n) is 8.37. The van der Waals surface area contributed by atoms with Gasteiger partial charge in [-0.15, -0.1) is 0 Å². The van der Waals surface area contributed by atoms with E-state index in [9.17, 15) is 0 Å². The van der Waals surface area contributed by atoms with Crippen molar-refractivity contribution in [2.45, 2.75) is 51.2 Å². The van der Waals surface area contributed by atoms with Crippen LogP contribution in [0.2, 0.25) is 0 Å². The zero-order valence-electron chi connectivity index (χ0n) is 16.5. The Morgan fingerprint density at radius 2 is 2.07 bits per heavy atom. The van der Waals surface area contributed by atoms with Crippen LogP contribution >= 0.6 is 0 Å². The Morgan fingerprint density at radius 3 is 2.89 bits per heavy atom. The molecule has 27 heavy (non-hydrogen) atoms. The maximum absolute atomic E-state index is 6.21. The molecule has 1 aliphatic carbocycles. The molecule has 0 radical (unpaired) electrons. The van der Waals surface area contributed by atoms with Crippen molar-refractivity contribution in [2.75, 3.05) is 39.6 Å². The Hall–Kier alpha value is -1.14. The van der Waals surface area contributed by atoms with Gasteiger partial charge in [-0.3, -0.25) is 0 Å². The van der Waals surface area contributed by atoms with Crippen molar-refractivity contribution < 1.29 is 14.2 Å². The van der Waals surface area contributed by atoms with Crippen molar-refractivity contribution in [1.29, 1.82) is 0 Å². The zero-order chi connectivity index (χ0) is 18.5. The molecule has 1 saturated carbocycles. The quantitative estimate of drug-likeness (QED) is 0.768. The van der Waals surface area contributed by atoms with Gasteiger partial charge in [-0.1, -0.05) is 18.6 Å². The highest BCUT2D eigenvalue weighted by Crippen LogP contribution is 2.30. The van der Waals surface area contributed by atoms with E-state index in [0.29, 0.717) is 23.9 Å². The third-order valence-corrected chi connectivity index (χ3v) is 6.31. The minimum absolute atomic E-state index is 0.495. The lowest BCUT2D eigenvalue weighted by molar-refractivity contribution is 0.0524. The zero-order valence-corrected chi connectivity index (χ0v) is 16.5. The summed E-state index contributed by atoms with van der Waals surface area (Å²) in [4.78, 5) is 0. The third kappa shape index (κ3) is 5.02. The molecule has 1 aromatic rings. The lowest BCUT2D eigenvalue weighted by Crippen LogP contribution is -2.50. The van der Waals surface area contributed by atoms with E-state index in [1.54, 1.807) is 0 Å². The summed E-state index contributed by atoms with van der Waals surface area (Å²) < 4.78 is 17.4. The topological polar surface area (TPSA) is 51.8 Å². The van der Waals surface area contributed by atoms with Crippen LogP contribution in [0, 0.1) is 18.8 Å². The van der Waals surface area contributed by atoms with Gasteiger partial charge < -0.3 is 24.8 Å². The number of hydrogen-bond acceptors (Lipinski definition) is 5. The standard InChI is InChI=1S/C22H34N2O3/c1-16-5-6-18(22(11-16)27-14-17-7-9-25-13-17)12-24-20-4-2-3-19(20)21-15-26-10-8-23-21/h5-6,11,17,19-21,23-24H,2-4,7-10,12-15H2,1H3. The fourth-order valence-electron chi connectivity index (χ4n) is 4.69. The van der Waals surface area contributed by atoms with Crippen molar-refractivity contribution in [1.82, 2.24) is 10.6 Å². The van der Waals surface area contributed by atoms with Crippen LogP contribution in [0.1, 0.15) is 36.8 Å². The first-order valence-corrected chi connectivity index (χ1v) is 10.6. The van der Waals surface area contributed by atoms with Crippen molar-refractivity contribution in [3.05, 3.63) is 29.3 Å². The lowest BCUT2D eigenvalue weighted by atomic mass is 9.94. The van der Waals surface area contributed by atoms with Crippen LogP contribution in [0.4, 0.5) is 0 Å². The molecule has 0 aromatic heterocycles. The van der Waals surface area contributed by atoms with Gasteiger partial charge in [0.25, 0.3) is 0 Å². The molecule has 2 heterocycles. The highest BCUT2D eigenvalue weighted by molar-refractivity contribution is 5.37. The number of benzene rings is 1. The molecule has 150 valence electrons. The number of nitrogens with one attached hydrogen (secondary N) is 2. The van der Waals surface area contributed by atoms with Crippen LogP contribution < -0.4 is 15.4 Å². The molecule has 5 heteroatoms. The van der Waals surface area contributed by atoms with Gasteiger partial charge in [0.1, 0.15) is 5.75 Å². The van der Waals surface area contributed by atoms with Crippen LogP contribution in [0.25, 0.3) is 0 Å². The summed E-state index contributed by atoms with van der Waals surface area (Å²) in [7, 11) is 0. The fourth-order valence-corrected chi connectivity index (χ4v) is 4.69. The molecular weight excluding hydrogens is 340 g/mol. The van der Waals surface area contributed by atoms with Crippen LogP contribution in [-0.2, 0) is 16.0 Å². The maximum Gasteiger partial charge on any atom is 0.124 e. The molecule has 3 fully saturated rings. The largest absolute Gasteiger partial charge is 0.493 e. The highest BCUT2D eigenvalue weighted by Gasteiger charge is 2.34. The molecule has 2 N–H and O–H groups in total. The third-order valence-electron chi connectivity index (χ3n) is 6.31. The smallest absolute Gasteiger partial charge is 0.124 e. The Bertz CT molecular complexity index is 597. The first-order valence-electron chi connectivity index (χ1n) is 10.6. The maximum atomic E-state index is 6.21. The molecule has 2 saturated heterocycles. The fraction of sp³-hybridized carbons (Fsp3) is 0.727. The Morgan fingerprint density at radius 1 is 1.15 bits per heavy atom. The molecule has 0 spiro atoms. The summed E-state index contributed by atoms with van der Waals surface area (Å²) in [5.41, 5.74) is 2.51. The first-order chi connectivity index (χ1) is 13.3. The molecule has 5 nitrogen and oxygen atoms in total. The summed E-state index contributed by atoms with van der Waals surface area (Å²) >= 11 is 0. The summed E-state index contributed by atoms with van der Waals surface area (Å²) in [5, 5.41) is 7.49. The number of morpholine rings is 1. The number of ether oxygens (including phenoxy) is 3. The summed E-state index contributed by atoms with van der Waals surface area (Å²) in [5.74, 6) is 2.22. The number of rotatable bonds is 7. The van der Waals surface area contributed by atoms with E-state index in [4.69, 9.17) is 14.2 Å². The molecule has 4 atom stereocenters. The minimum atomic E-state index is 0.495. The number of aryl methyl sites for hydroxylation is 1. The van der Waals surface area contributed by atoms with Gasteiger partial charge in [0.15, 0.2) is 0 Å². The summed E-state index contributed by atoms with van der Waals surface area (Å²) in [6.45, 7) is 8.14. The van der Waals surface area contributed by atoms with Crippen molar-refractivity contribution >= 4 is 0 Å². The second-order valence-corrected chi connectivity index (χ2v) is 8.37. The van der Waals surface area contributed by atoms with Crippen LogP contribution in [0.15, 0.2) is 18.2 Å². The van der Waals surface area contributed by atoms with E-state index in [-0.39, 0.29) is 0 Å². The second kappa shape index (κ2) is 9.37. The molecule has 0 bridgehead atoms. The molecule has 1 aromatic carbocycles. The van der Waals surface area contributed by atoms with Crippen LogP contribution in [0.3, 0.4) is 0 Å². The monoisotopic (exact) mass is 374 g/mol. The predicted molar refractivity (Wildman–Crippen MR) is 106 cm³/mol. The minimum Gasteiger partial charge on any atom is -0.493 e. The van der Waals surface area contributed by atoms with Gasteiger partial charge in [-0.2, -0.15) is 0 Å². The van der Waals surface area contributed by atoms with Crippen molar-refractivity contribution in [3.63, 3.8) is 0 Å².